The Morgan fingerprint density at radius 1 is 1.52 bits per heavy atom. The lowest BCUT2D eigenvalue weighted by Crippen LogP contribution is -2.45. The zero-order valence-electron chi connectivity index (χ0n) is 12.8. The van der Waals surface area contributed by atoms with Crippen LogP contribution in [0, 0.1) is 23.0 Å². The molecule has 6 heteroatoms. The summed E-state index contributed by atoms with van der Waals surface area (Å²) in [5.41, 5.74) is -0.233. The zero-order chi connectivity index (χ0) is 16.2. The minimum Gasteiger partial charge on any atom is -0.388 e. The van der Waals surface area contributed by atoms with Crippen LogP contribution in [-0.4, -0.2) is 28.1 Å². The maximum atomic E-state index is 12.2. The number of nitrogens with one attached hydrogen (secondary N) is 1. The van der Waals surface area contributed by atoms with Gasteiger partial charge in [-0.2, -0.15) is 0 Å². The molecule has 21 heavy (non-hydrogen) atoms. The van der Waals surface area contributed by atoms with Crippen molar-refractivity contribution in [2.24, 2.45) is 5.92 Å². The lowest BCUT2D eigenvalue weighted by atomic mass is 9.88. The third kappa shape index (κ3) is 4.26. The topological polar surface area (TPSA) is 92.5 Å². The molecule has 116 valence electrons. The van der Waals surface area contributed by atoms with Crippen LogP contribution in [-0.2, 0) is 0 Å². The maximum absolute atomic E-state index is 12.2. The summed E-state index contributed by atoms with van der Waals surface area (Å²) in [6.45, 7) is 7.35. The van der Waals surface area contributed by atoms with Gasteiger partial charge >= 0.3 is 0 Å². The third-order valence-electron chi connectivity index (χ3n) is 3.96. The Kier molecular flexibility index (Phi) is 5.43. The SMILES string of the molecule is CC[C@H](C)[C@@](C)(O)CNC(=O)c1cc([N+](=O)[O-])ccc1C. The Hall–Kier alpha value is -1.95. The normalized spacial score (nSPS) is 15.1. The van der Waals surface area contributed by atoms with Gasteiger partial charge in [0.05, 0.1) is 10.5 Å². The van der Waals surface area contributed by atoms with Crippen molar-refractivity contribution in [3.05, 3.63) is 39.4 Å². The molecule has 1 rings (SSSR count). The lowest BCUT2D eigenvalue weighted by Gasteiger charge is -2.29. The van der Waals surface area contributed by atoms with Crippen LogP contribution in [0.2, 0.25) is 0 Å². The van der Waals surface area contributed by atoms with Gasteiger partial charge in [-0.3, -0.25) is 14.9 Å². The van der Waals surface area contributed by atoms with Gasteiger partial charge in [0.25, 0.3) is 11.6 Å². The van der Waals surface area contributed by atoms with Gasteiger partial charge in [0.15, 0.2) is 0 Å². The molecule has 0 saturated carbocycles. The molecule has 1 aromatic rings. The van der Waals surface area contributed by atoms with Crippen LogP contribution in [0.5, 0.6) is 0 Å². The van der Waals surface area contributed by atoms with Crippen molar-refractivity contribution in [2.75, 3.05) is 6.54 Å². The summed E-state index contributed by atoms with van der Waals surface area (Å²) in [6.07, 6.45) is 0.790. The van der Waals surface area contributed by atoms with Crippen molar-refractivity contribution in [2.45, 2.75) is 39.7 Å². The molecule has 6 nitrogen and oxygen atoms in total. The highest BCUT2D eigenvalue weighted by molar-refractivity contribution is 5.96. The Morgan fingerprint density at radius 2 is 2.14 bits per heavy atom. The third-order valence-corrected chi connectivity index (χ3v) is 3.96. The van der Waals surface area contributed by atoms with E-state index in [1.54, 1.807) is 19.9 Å². The molecular weight excluding hydrogens is 272 g/mol. The molecule has 0 bridgehead atoms. The molecule has 0 aliphatic carbocycles. The summed E-state index contributed by atoms with van der Waals surface area (Å²) in [7, 11) is 0. The van der Waals surface area contributed by atoms with E-state index in [9.17, 15) is 20.0 Å². The molecule has 0 heterocycles. The quantitative estimate of drug-likeness (QED) is 0.622. The van der Waals surface area contributed by atoms with E-state index in [1.807, 2.05) is 13.8 Å². The highest BCUT2D eigenvalue weighted by atomic mass is 16.6. The smallest absolute Gasteiger partial charge is 0.270 e. The standard InChI is InChI=1S/C15H22N2O4/c1-5-11(3)15(4,19)9-16-14(18)13-8-12(17(20)21)7-6-10(13)2/h6-8,11,19H,5,9H2,1-4H3,(H,16,18)/t11-,15-/m0/s1. The second-order valence-electron chi connectivity index (χ2n) is 5.61. The largest absolute Gasteiger partial charge is 0.388 e. The first-order chi connectivity index (χ1) is 9.69. The number of hydrogen-bond donors (Lipinski definition) is 2. The number of benzene rings is 1. The van der Waals surface area contributed by atoms with Crippen molar-refractivity contribution in [3.63, 3.8) is 0 Å². The fraction of sp³-hybridized carbons (Fsp3) is 0.533. The van der Waals surface area contributed by atoms with Gasteiger partial charge in [0.1, 0.15) is 0 Å². The highest BCUT2D eigenvalue weighted by Crippen LogP contribution is 2.20. The van der Waals surface area contributed by atoms with Crippen LogP contribution in [0.15, 0.2) is 18.2 Å². The minimum atomic E-state index is -1.01. The van der Waals surface area contributed by atoms with E-state index in [0.29, 0.717) is 5.56 Å². The first kappa shape index (κ1) is 17.1. The molecule has 1 aromatic carbocycles. The van der Waals surface area contributed by atoms with Crippen molar-refractivity contribution >= 4 is 11.6 Å². The molecule has 2 N–H and O–H groups in total. The monoisotopic (exact) mass is 294 g/mol. The summed E-state index contributed by atoms with van der Waals surface area (Å²) in [5, 5.41) is 23.7. The van der Waals surface area contributed by atoms with Crippen molar-refractivity contribution in [1.29, 1.82) is 0 Å². The Labute approximate surface area is 124 Å². The zero-order valence-corrected chi connectivity index (χ0v) is 12.8. The fourth-order valence-corrected chi connectivity index (χ4v) is 1.94. The van der Waals surface area contributed by atoms with Crippen LogP contribution in [0.1, 0.15) is 43.1 Å². The van der Waals surface area contributed by atoms with E-state index >= 15 is 0 Å². The van der Waals surface area contributed by atoms with E-state index in [4.69, 9.17) is 0 Å². The van der Waals surface area contributed by atoms with Crippen molar-refractivity contribution < 1.29 is 14.8 Å². The number of amides is 1. The van der Waals surface area contributed by atoms with Crippen molar-refractivity contribution in [1.82, 2.24) is 5.32 Å². The molecule has 1 amide bonds. The van der Waals surface area contributed by atoms with Gasteiger partial charge in [0.2, 0.25) is 0 Å². The van der Waals surface area contributed by atoms with Gasteiger partial charge in [-0.15, -0.1) is 0 Å². The number of non-ortho nitro benzene ring substituents is 1. The molecule has 2 atom stereocenters. The molecule has 0 fully saturated rings. The van der Waals surface area contributed by atoms with Gasteiger partial charge in [-0.1, -0.05) is 26.3 Å². The Morgan fingerprint density at radius 3 is 2.67 bits per heavy atom. The summed E-state index contributed by atoms with van der Waals surface area (Å²) in [6, 6.07) is 4.16. The summed E-state index contributed by atoms with van der Waals surface area (Å²) in [5.74, 6) is -0.385. The number of aryl methyl sites for hydroxylation is 1. The summed E-state index contributed by atoms with van der Waals surface area (Å²) < 4.78 is 0. The second-order valence-corrected chi connectivity index (χ2v) is 5.61. The van der Waals surface area contributed by atoms with E-state index in [2.05, 4.69) is 5.32 Å². The molecular formula is C15H22N2O4. The minimum absolute atomic E-state index is 0.0315. The van der Waals surface area contributed by atoms with Gasteiger partial charge in [-0.05, 0) is 25.3 Å². The first-order valence-corrected chi connectivity index (χ1v) is 6.94. The number of nitrogens with zero attached hydrogens (tertiary/aromatic N) is 1. The van der Waals surface area contributed by atoms with Crippen LogP contribution < -0.4 is 5.32 Å². The Bertz CT molecular complexity index is 540. The van der Waals surface area contributed by atoms with Gasteiger partial charge < -0.3 is 10.4 Å². The van der Waals surface area contributed by atoms with Gasteiger partial charge in [0, 0.05) is 24.2 Å². The van der Waals surface area contributed by atoms with E-state index in [-0.39, 0.29) is 23.7 Å². The van der Waals surface area contributed by atoms with Crippen LogP contribution >= 0.6 is 0 Å². The molecule has 0 aliphatic rings. The molecule has 0 spiro atoms. The average Bonchev–Trinajstić information content (AvgIpc) is 2.44. The number of nitro benzene ring substituents is 1. The number of nitro groups is 1. The number of carbonyl (C=O) groups excluding carboxylic acids is 1. The summed E-state index contributed by atoms with van der Waals surface area (Å²) >= 11 is 0. The average molecular weight is 294 g/mol. The van der Waals surface area contributed by atoms with E-state index < -0.39 is 16.4 Å². The molecule has 0 unspecified atom stereocenters. The van der Waals surface area contributed by atoms with E-state index in [0.717, 1.165) is 6.42 Å². The number of carbonyl (C=O) groups is 1. The highest BCUT2D eigenvalue weighted by Gasteiger charge is 2.28. The fourth-order valence-electron chi connectivity index (χ4n) is 1.94. The van der Waals surface area contributed by atoms with Crippen molar-refractivity contribution in [3.8, 4) is 0 Å². The molecule has 0 aromatic heterocycles. The maximum Gasteiger partial charge on any atom is 0.270 e. The number of hydrogen-bond acceptors (Lipinski definition) is 4. The predicted molar refractivity (Wildman–Crippen MR) is 80.2 cm³/mol. The van der Waals surface area contributed by atoms with Crippen LogP contribution in [0.4, 0.5) is 5.69 Å². The molecule has 0 radical (unpaired) electrons. The number of aliphatic hydroxyl groups is 1. The summed E-state index contributed by atoms with van der Waals surface area (Å²) in [4.78, 5) is 22.4. The number of rotatable bonds is 6. The second kappa shape index (κ2) is 6.67. The predicted octanol–water partition coefficient (Wildman–Crippen LogP) is 2.43. The molecule has 0 aliphatic heterocycles. The van der Waals surface area contributed by atoms with Crippen LogP contribution in [0.25, 0.3) is 0 Å². The lowest BCUT2D eigenvalue weighted by molar-refractivity contribution is -0.384. The van der Waals surface area contributed by atoms with Gasteiger partial charge in [-0.25, -0.2) is 0 Å². The molecule has 0 saturated heterocycles. The Balaban J connectivity index is 2.85. The van der Waals surface area contributed by atoms with Crippen LogP contribution in [0.3, 0.4) is 0 Å². The first-order valence-electron chi connectivity index (χ1n) is 6.94. The van der Waals surface area contributed by atoms with E-state index in [1.165, 1.54) is 12.1 Å².